The number of pyridine rings is 2. The molecule has 0 aliphatic carbocycles. The Morgan fingerprint density at radius 1 is 1.14 bits per heavy atom. The molecule has 0 unspecified atom stereocenters. The largest absolute Gasteiger partial charge is 0.360 e. The number of hydrogen-bond donors (Lipinski definition) is 1. The summed E-state index contributed by atoms with van der Waals surface area (Å²) < 4.78 is 5.28. The van der Waals surface area contributed by atoms with Crippen molar-refractivity contribution in [2.45, 2.75) is 32.7 Å². The molecule has 28 heavy (non-hydrogen) atoms. The maximum Gasteiger partial charge on any atom is 0.257 e. The first-order chi connectivity index (χ1) is 13.6. The zero-order valence-corrected chi connectivity index (χ0v) is 16.1. The van der Waals surface area contributed by atoms with Gasteiger partial charge in [0.1, 0.15) is 22.8 Å². The number of nitrogens with one attached hydrogen (secondary N) is 1. The van der Waals surface area contributed by atoms with E-state index >= 15 is 0 Å². The molecule has 4 rings (SSSR count). The van der Waals surface area contributed by atoms with Crippen LogP contribution in [0.25, 0.3) is 11.4 Å². The minimum absolute atomic E-state index is 0.111. The van der Waals surface area contributed by atoms with Crippen LogP contribution in [0, 0.1) is 13.8 Å². The highest BCUT2D eigenvalue weighted by molar-refractivity contribution is 6.00. The molecule has 3 aromatic rings. The van der Waals surface area contributed by atoms with E-state index in [0.717, 1.165) is 37.3 Å². The summed E-state index contributed by atoms with van der Waals surface area (Å²) in [6.07, 6.45) is 5.29. The minimum Gasteiger partial charge on any atom is -0.360 e. The van der Waals surface area contributed by atoms with E-state index in [0.29, 0.717) is 22.7 Å². The highest BCUT2D eigenvalue weighted by Crippen LogP contribution is 2.24. The SMILES string of the molecule is Cc1ccc(N2CCC(NC(=O)c3c(-c4ccccn4)noc3C)CC2)nc1. The summed E-state index contributed by atoms with van der Waals surface area (Å²) in [6, 6.07) is 9.74. The molecule has 144 valence electrons. The third-order valence-electron chi connectivity index (χ3n) is 5.05. The van der Waals surface area contributed by atoms with Crippen LogP contribution < -0.4 is 10.2 Å². The Morgan fingerprint density at radius 3 is 2.64 bits per heavy atom. The monoisotopic (exact) mass is 377 g/mol. The summed E-state index contributed by atoms with van der Waals surface area (Å²) in [5.74, 6) is 1.33. The van der Waals surface area contributed by atoms with Crippen molar-refractivity contribution in [2.75, 3.05) is 18.0 Å². The fourth-order valence-corrected chi connectivity index (χ4v) is 3.47. The molecule has 1 fully saturated rings. The summed E-state index contributed by atoms with van der Waals surface area (Å²) in [4.78, 5) is 24.0. The predicted octanol–water partition coefficient (Wildman–Crippen LogP) is 3.15. The van der Waals surface area contributed by atoms with E-state index in [1.807, 2.05) is 37.4 Å². The van der Waals surface area contributed by atoms with Gasteiger partial charge in [0.15, 0.2) is 0 Å². The average Bonchev–Trinajstić information content (AvgIpc) is 3.11. The van der Waals surface area contributed by atoms with E-state index < -0.39 is 0 Å². The van der Waals surface area contributed by atoms with Crippen LogP contribution in [0.15, 0.2) is 47.2 Å². The number of amides is 1. The molecule has 0 saturated carbocycles. The third-order valence-corrected chi connectivity index (χ3v) is 5.05. The van der Waals surface area contributed by atoms with Gasteiger partial charge in [-0.2, -0.15) is 0 Å². The molecule has 0 spiro atoms. The molecule has 1 aliphatic rings. The van der Waals surface area contributed by atoms with Crippen LogP contribution in [0.4, 0.5) is 5.82 Å². The summed E-state index contributed by atoms with van der Waals surface area (Å²) >= 11 is 0. The van der Waals surface area contributed by atoms with Crippen LogP contribution in [-0.2, 0) is 0 Å². The van der Waals surface area contributed by atoms with Crippen molar-refractivity contribution in [1.29, 1.82) is 0 Å². The van der Waals surface area contributed by atoms with Crippen molar-refractivity contribution < 1.29 is 9.32 Å². The number of aryl methyl sites for hydroxylation is 2. The van der Waals surface area contributed by atoms with Gasteiger partial charge in [0.25, 0.3) is 5.91 Å². The van der Waals surface area contributed by atoms with Crippen molar-refractivity contribution in [1.82, 2.24) is 20.4 Å². The van der Waals surface area contributed by atoms with Gasteiger partial charge >= 0.3 is 0 Å². The van der Waals surface area contributed by atoms with Crippen molar-refractivity contribution >= 4 is 11.7 Å². The van der Waals surface area contributed by atoms with E-state index in [-0.39, 0.29) is 11.9 Å². The number of anilines is 1. The van der Waals surface area contributed by atoms with Gasteiger partial charge in [0.05, 0.1) is 5.69 Å². The Kier molecular flexibility index (Phi) is 5.06. The van der Waals surface area contributed by atoms with Gasteiger partial charge in [-0.05, 0) is 50.5 Å². The highest BCUT2D eigenvalue weighted by Gasteiger charge is 2.26. The molecule has 1 aliphatic heterocycles. The summed E-state index contributed by atoms with van der Waals surface area (Å²) in [5, 5.41) is 7.18. The summed E-state index contributed by atoms with van der Waals surface area (Å²) in [5.41, 5.74) is 2.72. The number of carbonyl (C=O) groups excluding carboxylic acids is 1. The molecular weight excluding hydrogens is 354 g/mol. The number of nitrogens with zero attached hydrogens (tertiary/aromatic N) is 4. The lowest BCUT2D eigenvalue weighted by Gasteiger charge is -2.33. The molecule has 1 N–H and O–H groups in total. The molecule has 4 heterocycles. The van der Waals surface area contributed by atoms with Crippen LogP contribution in [0.5, 0.6) is 0 Å². The van der Waals surface area contributed by atoms with E-state index in [9.17, 15) is 4.79 Å². The van der Waals surface area contributed by atoms with E-state index in [1.54, 1.807) is 13.1 Å². The van der Waals surface area contributed by atoms with Crippen LogP contribution in [0.2, 0.25) is 0 Å². The molecular formula is C21H23N5O2. The first-order valence-electron chi connectivity index (χ1n) is 9.48. The molecule has 3 aromatic heterocycles. The fourth-order valence-electron chi connectivity index (χ4n) is 3.47. The second-order valence-electron chi connectivity index (χ2n) is 7.11. The minimum atomic E-state index is -0.161. The molecule has 7 nitrogen and oxygen atoms in total. The number of hydrogen-bond acceptors (Lipinski definition) is 6. The topological polar surface area (TPSA) is 84.2 Å². The lowest BCUT2D eigenvalue weighted by Crippen LogP contribution is -2.45. The standard InChI is InChI=1S/C21H23N5O2/c1-14-6-7-18(23-13-14)26-11-8-16(9-12-26)24-21(27)19-15(2)28-25-20(19)17-5-3-4-10-22-17/h3-7,10,13,16H,8-9,11-12H2,1-2H3,(H,24,27). The zero-order valence-electron chi connectivity index (χ0n) is 16.1. The van der Waals surface area contributed by atoms with Crippen molar-refractivity contribution in [3.05, 3.63) is 59.6 Å². The normalized spacial score (nSPS) is 14.9. The number of piperidine rings is 1. The third kappa shape index (κ3) is 3.74. The van der Waals surface area contributed by atoms with Crippen LogP contribution in [-0.4, -0.2) is 40.2 Å². The van der Waals surface area contributed by atoms with Gasteiger partial charge in [0.2, 0.25) is 0 Å². The van der Waals surface area contributed by atoms with Gasteiger partial charge in [0, 0.05) is 31.5 Å². The van der Waals surface area contributed by atoms with Gasteiger partial charge < -0.3 is 14.7 Å². The molecule has 0 aromatic carbocycles. The Balaban J connectivity index is 1.42. The smallest absolute Gasteiger partial charge is 0.257 e. The quantitative estimate of drug-likeness (QED) is 0.752. The van der Waals surface area contributed by atoms with E-state index in [4.69, 9.17) is 4.52 Å². The van der Waals surface area contributed by atoms with Gasteiger partial charge in [-0.25, -0.2) is 4.98 Å². The Bertz CT molecular complexity index is 945. The van der Waals surface area contributed by atoms with Gasteiger partial charge in [-0.15, -0.1) is 0 Å². The van der Waals surface area contributed by atoms with Crippen LogP contribution >= 0.6 is 0 Å². The molecule has 0 radical (unpaired) electrons. The van der Waals surface area contributed by atoms with E-state index in [2.05, 4.69) is 31.4 Å². The second-order valence-corrected chi connectivity index (χ2v) is 7.11. The fraction of sp³-hybridized carbons (Fsp3) is 0.333. The summed E-state index contributed by atoms with van der Waals surface area (Å²) in [6.45, 7) is 5.50. The lowest BCUT2D eigenvalue weighted by molar-refractivity contribution is 0.0930. The number of aromatic nitrogens is 3. The zero-order chi connectivity index (χ0) is 19.5. The number of rotatable bonds is 4. The maximum absolute atomic E-state index is 12.9. The Hall–Kier alpha value is -3.22. The van der Waals surface area contributed by atoms with Crippen LogP contribution in [0.1, 0.15) is 34.5 Å². The van der Waals surface area contributed by atoms with Crippen molar-refractivity contribution in [2.24, 2.45) is 0 Å². The molecule has 0 atom stereocenters. The first kappa shape index (κ1) is 18.2. The average molecular weight is 377 g/mol. The van der Waals surface area contributed by atoms with Gasteiger partial charge in [-0.1, -0.05) is 17.3 Å². The number of carbonyl (C=O) groups is 1. The second kappa shape index (κ2) is 7.80. The molecule has 0 bridgehead atoms. The van der Waals surface area contributed by atoms with Gasteiger partial charge in [-0.3, -0.25) is 9.78 Å². The maximum atomic E-state index is 12.9. The molecule has 1 amide bonds. The summed E-state index contributed by atoms with van der Waals surface area (Å²) in [7, 11) is 0. The molecule has 7 heteroatoms. The Labute approximate surface area is 163 Å². The lowest BCUT2D eigenvalue weighted by atomic mass is 10.0. The van der Waals surface area contributed by atoms with Crippen molar-refractivity contribution in [3.63, 3.8) is 0 Å². The van der Waals surface area contributed by atoms with E-state index in [1.165, 1.54) is 0 Å². The Morgan fingerprint density at radius 2 is 1.96 bits per heavy atom. The predicted molar refractivity (Wildman–Crippen MR) is 106 cm³/mol. The molecule has 1 saturated heterocycles. The van der Waals surface area contributed by atoms with Crippen molar-refractivity contribution in [3.8, 4) is 11.4 Å². The highest BCUT2D eigenvalue weighted by atomic mass is 16.5. The first-order valence-corrected chi connectivity index (χ1v) is 9.48. The van der Waals surface area contributed by atoms with Crippen LogP contribution in [0.3, 0.4) is 0 Å².